The van der Waals surface area contributed by atoms with Crippen molar-refractivity contribution in [1.82, 2.24) is 5.32 Å². The summed E-state index contributed by atoms with van der Waals surface area (Å²) in [6, 6.07) is -0.00414. The minimum atomic E-state index is -0.753. The summed E-state index contributed by atoms with van der Waals surface area (Å²) >= 11 is 1.99. The second kappa shape index (κ2) is 5.61. The first-order chi connectivity index (χ1) is 6.63. The van der Waals surface area contributed by atoms with Gasteiger partial charge in [0.15, 0.2) is 0 Å². The van der Waals surface area contributed by atoms with Crippen molar-refractivity contribution in [1.29, 1.82) is 0 Å². The average molecular weight is 217 g/mol. The van der Waals surface area contributed by atoms with E-state index in [9.17, 15) is 4.79 Å². The van der Waals surface area contributed by atoms with Crippen LogP contribution in [0.2, 0.25) is 0 Å². The van der Waals surface area contributed by atoms with Crippen LogP contribution in [0.5, 0.6) is 0 Å². The number of aliphatic carboxylic acids is 1. The number of hydrogen-bond acceptors (Lipinski definition) is 3. The number of carboxylic acids is 1. The monoisotopic (exact) mass is 217 g/mol. The highest BCUT2D eigenvalue weighted by Crippen LogP contribution is 2.29. The van der Waals surface area contributed by atoms with E-state index in [4.69, 9.17) is 5.11 Å². The molecule has 1 rings (SSSR count). The van der Waals surface area contributed by atoms with E-state index < -0.39 is 12.0 Å². The standard InChI is InChI=1S/C10H19NO2S/c1-3-14-9-5-4-8(6-9)11-7(2)10(12)13/h7-9,11H,3-6H2,1-2H3,(H,12,13). The lowest BCUT2D eigenvalue weighted by Gasteiger charge is -2.16. The summed E-state index contributed by atoms with van der Waals surface area (Å²) in [4.78, 5) is 10.6. The first kappa shape index (κ1) is 11.9. The molecular formula is C10H19NO2S. The van der Waals surface area contributed by atoms with E-state index in [1.165, 1.54) is 6.42 Å². The van der Waals surface area contributed by atoms with E-state index in [-0.39, 0.29) is 0 Å². The lowest BCUT2D eigenvalue weighted by molar-refractivity contribution is -0.139. The third kappa shape index (κ3) is 3.50. The molecule has 0 amide bonds. The Morgan fingerprint density at radius 1 is 1.64 bits per heavy atom. The SMILES string of the molecule is CCSC1CCC(NC(C)C(=O)O)C1. The molecule has 2 N–H and O–H groups in total. The van der Waals surface area contributed by atoms with Crippen molar-refractivity contribution < 1.29 is 9.90 Å². The van der Waals surface area contributed by atoms with Crippen molar-refractivity contribution in [3.63, 3.8) is 0 Å². The second-order valence-corrected chi connectivity index (χ2v) is 5.39. The molecule has 3 atom stereocenters. The Bertz CT molecular complexity index is 199. The summed E-state index contributed by atoms with van der Waals surface area (Å²) in [5.41, 5.74) is 0. The largest absolute Gasteiger partial charge is 0.480 e. The van der Waals surface area contributed by atoms with Gasteiger partial charge in [-0.1, -0.05) is 6.92 Å². The van der Waals surface area contributed by atoms with E-state index >= 15 is 0 Å². The zero-order valence-electron chi connectivity index (χ0n) is 8.82. The van der Waals surface area contributed by atoms with Crippen molar-refractivity contribution >= 4 is 17.7 Å². The van der Waals surface area contributed by atoms with E-state index in [0.717, 1.165) is 23.8 Å². The van der Waals surface area contributed by atoms with Crippen LogP contribution in [0.1, 0.15) is 33.1 Å². The number of carboxylic acid groups (broad SMARTS) is 1. The highest BCUT2D eigenvalue weighted by molar-refractivity contribution is 7.99. The van der Waals surface area contributed by atoms with E-state index in [1.807, 2.05) is 11.8 Å². The molecule has 0 aliphatic heterocycles. The van der Waals surface area contributed by atoms with Crippen molar-refractivity contribution in [3.05, 3.63) is 0 Å². The minimum absolute atomic E-state index is 0.408. The molecule has 82 valence electrons. The Morgan fingerprint density at radius 3 is 2.93 bits per heavy atom. The molecule has 0 aromatic heterocycles. The zero-order chi connectivity index (χ0) is 10.6. The molecule has 3 unspecified atom stereocenters. The highest BCUT2D eigenvalue weighted by atomic mass is 32.2. The smallest absolute Gasteiger partial charge is 0.320 e. The third-order valence-corrected chi connectivity index (χ3v) is 3.88. The van der Waals surface area contributed by atoms with Crippen LogP contribution >= 0.6 is 11.8 Å². The van der Waals surface area contributed by atoms with Gasteiger partial charge in [0, 0.05) is 11.3 Å². The maximum Gasteiger partial charge on any atom is 0.320 e. The summed E-state index contributed by atoms with van der Waals surface area (Å²) in [6.07, 6.45) is 3.47. The van der Waals surface area contributed by atoms with Crippen LogP contribution in [0.4, 0.5) is 0 Å². The van der Waals surface area contributed by atoms with Crippen LogP contribution in [0.15, 0.2) is 0 Å². The van der Waals surface area contributed by atoms with Gasteiger partial charge in [0.2, 0.25) is 0 Å². The van der Waals surface area contributed by atoms with Crippen LogP contribution < -0.4 is 5.32 Å². The van der Waals surface area contributed by atoms with Gasteiger partial charge in [0.1, 0.15) is 6.04 Å². The van der Waals surface area contributed by atoms with Crippen molar-refractivity contribution in [3.8, 4) is 0 Å². The third-order valence-electron chi connectivity index (χ3n) is 2.64. The molecule has 0 radical (unpaired) electrons. The predicted octanol–water partition coefficient (Wildman–Crippen LogP) is 1.72. The summed E-state index contributed by atoms with van der Waals surface area (Å²) < 4.78 is 0. The number of thioether (sulfide) groups is 1. The quantitative estimate of drug-likeness (QED) is 0.736. The fraction of sp³-hybridized carbons (Fsp3) is 0.900. The first-order valence-corrected chi connectivity index (χ1v) is 6.28. The fourth-order valence-corrected chi connectivity index (χ4v) is 3.05. The van der Waals surface area contributed by atoms with Crippen molar-refractivity contribution in [2.75, 3.05) is 5.75 Å². The van der Waals surface area contributed by atoms with Gasteiger partial charge < -0.3 is 10.4 Å². The molecule has 0 aromatic rings. The van der Waals surface area contributed by atoms with E-state index in [1.54, 1.807) is 6.92 Å². The predicted molar refractivity (Wildman–Crippen MR) is 59.8 cm³/mol. The first-order valence-electron chi connectivity index (χ1n) is 5.24. The summed E-state index contributed by atoms with van der Waals surface area (Å²) in [5, 5.41) is 12.6. The van der Waals surface area contributed by atoms with Crippen LogP contribution in [-0.2, 0) is 4.79 Å². The number of hydrogen-bond donors (Lipinski definition) is 2. The molecule has 3 nitrogen and oxygen atoms in total. The zero-order valence-corrected chi connectivity index (χ0v) is 9.64. The van der Waals surface area contributed by atoms with Gasteiger partial charge in [0.25, 0.3) is 0 Å². The molecule has 0 bridgehead atoms. The van der Waals surface area contributed by atoms with Gasteiger partial charge in [-0.3, -0.25) is 4.79 Å². The van der Waals surface area contributed by atoms with Gasteiger partial charge in [-0.25, -0.2) is 0 Å². The molecule has 0 aromatic carbocycles. The number of carbonyl (C=O) groups is 1. The Balaban J connectivity index is 2.25. The average Bonchev–Trinajstić information content (AvgIpc) is 2.53. The van der Waals surface area contributed by atoms with Crippen molar-refractivity contribution in [2.45, 2.75) is 50.4 Å². The lowest BCUT2D eigenvalue weighted by Crippen LogP contribution is -2.40. The molecule has 4 heteroatoms. The molecule has 1 aliphatic rings. The van der Waals surface area contributed by atoms with Crippen molar-refractivity contribution in [2.24, 2.45) is 0 Å². The van der Waals surface area contributed by atoms with Crippen LogP contribution in [0.3, 0.4) is 0 Å². The molecule has 0 saturated heterocycles. The highest BCUT2D eigenvalue weighted by Gasteiger charge is 2.26. The van der Waals surface area contributed by atoms with Crippen LogP contribution in [0.25, 0.3) is 0 Å². The summed E-state index contributed by atoms with van der Waals surface area (Å²) in [7, 11) is 0. The second-order valence-electron chi connectivity index (χ2n) is 3.81. The molecule has 1 saturated carbocycles. The molecule has 1 fully saturated rings. The topological polar surface area (TPSA) is 49.3 Å². The van der Waals surface area contributed by atoms with Crippen LogP contribution in [-0.4, -0.2) is 34.2 Å². The van der Waals surface area contributed by atoms with Gasteiger partial charge >= 0.3 is 5.97 Å². The van der Waals surface area contributed by atoms with E-state index in [0.29, 0.717) is 6.04 Å². The maximum absolute atomic E-state index is 10.6. The van der Waals surface area contributed by atoms with Gasteiger partial charge in [-0.05, 0) is 31.9 Å². The number of rotatable bonds is 5. The van der Waals surface area contributed by atoms with Gasteiger partial charge in [0.05, 0.1) is 0 Å². The Labute approximate surface area is 89.6 Å². The lowest BCUT2D eigenvalue weighted by atomic mass is 10.2. The molecule has 14 heavy (non-hydrogen) atoms. The maximum atomic E-state index is 10.6. The molecule has 1 aliphatic carbocycles. The van der Waals surface area contributed by atoms with E-state index in [2.05, 4.69) is 12.2 Å². The number of nitrogens with one attached hydrogen (secondary N) is 1. The molecule has 0 heterocycles. The van der Waals surface area contributed by atoms with Gasteiger partial charge in [-0.15, -0.1) is 0 Å². The Hall–Kier alpha value is -0.220. The fourth-order valence-electron chi connectivity index (χ4n) is 1.90. The Morgan fingerprint density at radius 2 is 2.36 bits per heavy atom. The minimum Gasteiger partial charge on any atom is -0.480 e. The van der Waals surface area contributed by atoms with Crippen LogP contribution in [0, 0.1) is 0 Å². The molecular weight excluding hydrogens is 198 g/mol. The Kier molecular flexibility index (Phi) is 4.75. The summed E-state index contributed by atoms with van der Waals surface area (Å²) in [5.74, 6) is 0.405. The normalized spacial score (nSPS) is 29.0. The summed E-state index contributed by atoms with van der Waals surface area (Å²) in [6.45, 7) is 3.88. The van der Waals surface area contributed by atoms with Gasteiger partial charge in [-0.2, -0.15) is 11.8 Å². The molecule has 0 spiro atoms.